The average Bonchev–Trinajstić information content (AvgIpc) is 2.68. The number of methoxy groups -OCH3 is 1. The summed E-state index contributed by atoms with van der Waals surface area (Å²) in [7, 11) is 1.58. The van der Waals surface area contributed by atoms with Gasteiger partial charge in [0.1, 0.15) is 0 Å². The van der Waals surface area contributed by atoms with Crippen LogP contribution in [0.3, 0.4) is 0 Å². The molecule has 0 bridgehead atoms. The predicted octanol–water partition coefficient (Wildman–Crippen LogP) is 2.46. The highest BCUT2D eigenvalue weighted by Gasteiger charge is 2.64. The molecule has 0 N–H and O–H groups in total. The lowest BCUT2D eigenvalue weighted by Gasteiger charge is -2.47. The molecule has 92 valence electrons. The van der Waals surface area contributed by atoms with Gasteiger partial charge < -0.3 is 9.47 Å². The fraction of sp³-hybridized carbons (Fsp3) is 0.615. The fourth-order valence-corrected chi connectivity index (χ4v) is 4.64. The molecule has 0 spiro atoms. The summed E-state index contributed by atoms with van der Waals surface area (Å²) in [6.45, 7) is 2.77. The van der Waals surface area contributed by atoms with Gasteiger partial charge in [0, 0.05) is 18.9 Å². The molecule has 0 amide bonds. The molecule has 0 saturated carbocycles. The van der Waals surface area contributed by atoms with Crippen molar-refractivity contribution in [1.82, 2.24) is 0 Å². The summed E-state index contributed by atoms with van der Waals surface area (Å²) in [6, 6.07) is 0. The number of carbonyl (C=O) groups excluding carboxylic acids is 1. The van der Waals surface area contributed by atoms with Crippen molar-refractivity contribution in [2.75, 3.05) is 13.7 Å². The molecule has 0 unspecified atom stereocenters. The van der Waals surface area contributed by atoms with Crippen LogP contribution in [0.1, 0.15) is 13.3 Å². The van der Waals surface area contributed by atoms with E-state index in [1.165, 1.54) is 0 Å². The molecule has 1 saturated heterocycles. The molecule has 1 heterocycles. The highest BCUT2D eigenvalue weighted by atomic mass is 127. The second kappa shape index (κ2) is 3.65. The topological polar surface area (TPSA) is 35.5 Å². The molecule has 4 heteroatoms. The van der Waals surface area contributed by atoms with Crippen LogP contribution >= 0.6 is 22.6 Å². The van der Waals surface area contributed by atoms with Crippen LogP contribution in [0.2, 0.25) is 0 Å². The number of allylic oxidation sites excluding steroid dienone is 2. The van der Waals surface area contributed by atoms with Crippen molar-refractivity contribution in [1.29, 1.82) is 0 Å². The quantitative estimate of drug-likeness (QED) is 0.541. The lowest BCUT2D eigenvalue weighted by molar-refractivity contribution is -0.222. The van der Waals surface area contributed by atoms with Crippen LogP contribution < -0.4 is 0 Å². The Balaban J connectivity index is 2.20. The van der Waals surface area contributed by atoms with E-state index in [2.05, 4.69) is 47.7 Å². The van der Waals surface area contributed by atoms with E-state index in [9.17, 15) is 4.79 Å². The molecule has 17 heavy (non-hydrogen) atoms. The van der Waals surface area contributed by atoms with Crippen molar-refractivity contribution in [3.63, 3.8) is 0 Å². The molecule has 3 aliphatic rings. The first-order valence-corrected chi connectivity index (χ1v) is 6.90. The Hall–Kier alpha value is -0.200. The number of ether oxygens (including phenoxy) is 2. The van der Waals surface area contributed by atoms with Crippen LogP contribution in [0.5, 0.6) is 0 Å². The maximum atomic E-state index is 12.4. The lowest BCUT2D eigenvalue weighted by atomic mass is 9.60. The fourth-order valence-electron chi connectivity index (χ4n) is 3.56. The Labute approximate surface area is 114 Å². The molecule has 0 aromatic heterocycles. The van der Waals surface area contributed by atoms with E-state index in [4.69, 9.17) is 9.47 Å². The highest BCUT2D eigenvalue weighted by Crippen LogP contribution is 2.57. The Morgan fingerprint density at radius 1 is 1.59 bits per heavy atom. The largest absolute Gasteiger partial charge is 0.346 e. The third-order valence-corrected chi connectivity index (χ3v) is 5.07. The maximum absolute atomic E-state index is 12.4. The average molecular weight is 346 g/mol. The summed E-state index contributed by atoms with van der Waals surface area (Å²) in [4.78, 5) is 12.4. The zero-order valence-corrected chi connectivity index (χ0v) is 12.1. The molecule has 1 fully saturated rings. The molecule has 2 aliphatic carbocycles. The number of Topliss-reactive ketones (excluding diaryl/α,β-unsaturated/α-hetero) is 1. The summed E-state index contributed by atoms with van der Waals surface area (Å²) in [5.41, 5.74) is -0.0314. The zero-order valence-electron chi connectivity index (χ0n) is 9.90. The van der Waals surface area contributed by atoms with Crippen LogP contribution in [-0.4, -0.2) is 25.3 Å². The first-order valence-electron chi connectivity index (χ1n) is 5.82. The third-order valence-electron chi connectivity index (χ3n) is 4.27. The minimum absolute atomic E-state index is 0.0131. The number of hydrogen-bond donors (Lipinski definition) is 0. The van der Waals surface area contributed by atoms with E-state index in [0.29, 0.717) is 12.5 Å². The van der Waals surface area contributed by atoms with Gasteiger partial charge in [-0.3, -0.25) is 4.79 Å². The number of hydrogen-bond acceptors (Lipinski definition) is 3. The van der Waals surface area contributed by atoms with E-state index < -0.39 is 5.79 Å². The lowest BCUT2D eigenvalue weighted by Crippen LogP contribution is -2.55. The standard InChI is InChI=1S/C13H15IO3/c1-12-5-3-4-8-7-17-13(16-2,10(8)12)11(15)9(14)6-12/h3-4,6,8,10H,5,7H2,1-2H3/t8-,10+,12+,13+/m0/s1. The van der Waals surface area contributed by atoms with Gasteiger partial charge in [0.2, 0.25) is 11.6 Å². The summed E-state index contributed by atoms with van der Waals surface area (Å²) in [5, 5.41) is 0. The number of halogens is 1. The van der Waals surface area contributed by atoms with E-state index in [-0.39, 0.29) is 17.1 Å². The van der Waals surface area contributed by atoms with Gasteiger partial charge in [0.15, 0.2) is 0 Å². The van der Waals surface area contributed by atoms with E-state index in [1.54, 1.807) is 7.11 Å². The predicted molar refractivity (Wildman–Crippen MR) is 71.6 cm³/mol. The van der Waals surface area contributed by atoms with Crippen molar-refractivity contribution in [3.8, 4) is 0 Å². The van der Waals surface area contributed by atoms with Crippen LogP contribution in [0, 0.1) is 17.3 Å². The summed E-state index contributed by atoms with van der Waals surface area (Å²) >= 11 is 2.10. The van der Waals surface area contributed by atoms with Crippen molar-refractivity contribution >= 4 is 28.4 Å². The second-order valence-corrected chi connectivity index (χ2v) is 6.45. The molecular weight excluding hydrogens is 331 g/mol. The van der Waals surface area contributed by atoms with Crippen molar-refractivity contribution in [2.24, 2.45) is 17.3 Å². The maximum Gasteiger partial charge on any atom is 0.238 e. The molecule has 1 aliphatic heterocycles. The molecule has 3 rings (SSSR count). The van der Waals surface area contributed by atoms with Crippen LogP contribution in [0.25, 0.3) is 0 Å². The zero-order chi connectivity index (χ0) is 12.3. The van der Waals surface area contributed by atoms with Crippen LogP contribution in [-0.2, 0) is 14.3 Å². The van der Waals surface area contributed by atoms with Gasteiger partial charge in [0.05, 0.1) is 10.2 Å². The number of ketones is 1. The normalized spacial score (nSPS) is 47.9. The number of carbonyl (C=O) groups is 1. The van der Waals surface area contributed by atoms with Gasteiger partial charge in [-0.1, -0.05) is 25.2 Å². The summed E-state index contributed by atoms with van der Waals surface area (Å²) < 4.78 is 12.1. The van der Waals surface area contributed by atoms with Gasteiger partial charge in [-0.2, -0.15) is 0 Å². The minimum Gasteiger partial charge on any atom is -0.346 e. The Morgan fingerprint density at radius 3 is 3.06 bits per heavy atom. The van der Waals surface area contributed by atoms with E-state index in [0.717, 1.165) is 10.0 Å². The molecule has 0 aromatic rings. The molecule has 0 aromatic carbocycles. The first kappa shape index (κ1) is 11.9. The Morgan fingerprint density at radius 2 is 2.35 bits per heavy atom. The van der Waals surface area contributed by atoms with Gasteiger partial charge >= 0.3 is 0 Å². The van der Waals surface area contributed by atoms with Gasteiger partial charge in [-0.15, -0.1) is 0 Å². The second-order valence-electron chi connectivity index (χ2n) is 5.28. The van der Waals surface area contributed by atoms with Gasteiger partial charge in [-0.25, -0.2) is 0 Å². The van der Waals surface area contributed by atoms with Gasteiger partial charge in [-0.05, 0) is 34.4 Å². The smallest absolute Gasteiger partial charge is 0.238 e. The summed E-state index contributed by atoms with van der Waals surface area (Å²) in [5.74, 6) is -0.662. The summed E-state index contributed by atoms with van der Waals surface area (Å²) in [6.07, 6.45) is 7.42. The van der Waals surface area contributed by atoms with Crippen molar-refractivity contribution in [3.05, 3.63) is 21.8 Å². The molecular formula is C13H15IO3. The number of rotatable bonds is 1. The third kappa shape index (κ3) is 1.37. The molecule has 4 atom stereocenters. The highest BCUT2D eigenvalue weighted by molar-refractivity contribution is 14.1. The van der Waals surface area contributed by atoms with Gasteiger partial charge in [0.25, 0.3) is 0 Å². The SMILES string of the molecule is CO[C@]12OC[C@@H]3C=CC[C@](C)(C=C(I)C1=O)[C@@H]32. The van der Waals surface area contributed by atoms with Crippen LogP contribution in [0.15, 0.2) is 21.8 Å². The van der Waals surface area contributed by atoms with Crippen molar-refractivity contribution in [2.45, 2.75) is 19.1 Å². The Bertz CT molecular complexity index is 442. The minimum atomic E-state index is -1.05. The first-order chi connectivity index (χ1) is 8.03. The van der Waals surface area contributed by atoms with E-state index in [1.807, 2.05) is 0 Å². The Kier molecular flexibility index (Phi) is 2.55. The monoisotopic (exact) mass is 346 g/mol. The molecule has 3 nitrogen and oxygen atoms in total. The van der Waals surface area contributed by atoms with E-state index >= 15 is 0 Å². The van der Waals surface area contributed by atoms with Crippen molar-refractivity contribution < 1.29 is 14.3 Å². The van der Waals surface area contributed by atoms with Crippen LogP contribution in [0.4, 0.5) is 0 Å². The molecule has 0 radical (unpaired) electrons.